The third-order valence-corrected chi connectivity index (χ3v) is 5.41. The highest BCUT2D eigenvalue weighted by Gasteiger charge is 2.43. The zero-order valence-electron chi connectivity index (χ0n) is 13.3. The van der Waals surface area contributed by atoms with Gasteiger partial charge in [0.15, 0.2) is 6.61 Å². The number of ether oxygens (including phenoxy) is 1. The van der Waals surface area contributed by atoms with Gasteiger partial charge in [-0.05, 0) is 45.1 Å². The molecule has 1 amide bonds. The second kappa shape index (κ2) is 5.78. The summed E-state index contributed by atoms with van der Waals surface area (Å²) in [6.07, 6.45) is 3.39. The van der Waals surface area contributed by atoms with Gasteiger partial charge in [0.1, 0.15) is 16.7 Å². The van der Waals surface area contributed by atoms with E-state index in [-0.39, 0.29) is 18.4 Å². The Morgan fingerprint density at radius 3 is 2.91 bits per heavy atom. The Hall–Kier alpha value is -2.20. The van der Waals surface area contributed by atoms with Crippen LogP contribution >= 0.6 is 11.3 Å². The van der Waals surface area contributed by atoms with Gasteiger partial charge in [-0.1, -0.05) is 0 Å². The summed E-state index contributed by atoms with van der Waals surface area (Å²) in [6.45, 7) is 5.61. The molecule has 0 spiro atoms. The van der Waals surface area contributed by atoms with Crippen molar-refractivity contribution in [3.8, 4) is 11.9 Å². The molecule has 1 N–H and O–H groups in total. The summed E-state index contributed by atoms with van der Waals surface area (Å²) in [7, 11) is 0. The summed E-state index contributed by atoms with van der Waals surface area (Å²) >= 11 is 1.58. The van der Waals surface area contributed by atoms with Crippen molar-refractivity contribution in [2.45, 2.75) is 39.2 Å². The molecule has 2 aromatic heterocycles. The van der Waals surface area contributed by atoms with Crippen LogP contribution in [0.15, 0.2) is 6.33 Å². The Balaban J connectivity index is 1.71. The fourth-order valence-corrected chi connectivity index (χ4v) is 3.59. The maximum atomic E-state index is 12.1. The molecule has 6 nitrogen and oxygen atoms in total. The predicted molar refractivity (Wildman–Crippen MR) is 87.3 cm³/mol. The van der Waals surface area contributed by atoms with Crippen LogP contribution < -0.4 is 10.1 Å². The van der Waals surface area contributed by atoms with Gasteiger partial charge in [0.05, 0.1) is 11.5 Å². The molecule has 1 fully saturated rings. The van der Waals surface area contributed by atoms with Crippen molar-refractivity contribution in [1.82, 2.24) is 15.3 Å². The van der Waals surface area contributed by atoms with Crippen molar-refractivity contribution in [3.05, 3.63) is 16.8 Å². The number of hydrogen-bond donors (Lipinski definition) is 1. The number of fused-ring (bicyclic) bond motifs is 1. The SMILES string of the molecule is Cc1sc2ncnc(OCC(=O)NC(C)(C#N)C3CC3)c2c1C. The highest BCUT2D eigenvalue weighted by atomic mass is 32.1. The summed E-state index contributed by atoms with van der Waals surface area (Å²) in [5, 5.41) is 12.9. The zero-order valence-corrected chi connectivity index (χ0v) is 14.2. The molecule has 23 heavy (non-hydrogen) atoms. The summed E-state index contributed by atoms with van der Waals surface area (Å²) in [5.41, 5.74) is 0.261. The van der Waals surface area contributed by atoms with Crippen LogP contribution in [0.5, 0.6) is 5.88 Å². The monoisotopic (exact) mass is 330 g/mol. The van der Waals surface area contributed by atoms with Crippen LogP contribution in [0.3, 0.4) is 0 Å². The minimum Gasteiger partial charge on any atom is -0.467 e. The Morgan fingerprint density at radius 1 is 1.52 bits per heavy atom. The zero-order chi connectivity index (χ0) is 16.6. The first kappa shape index (κ1) is 15.7. The fraction of sp³-hybridized carbons (Fsp3) is 0.500. The quantitative estimate of drug-likeness (QED) is 0.910. The third kappa shape index (κ3) is 2.99. The molecule has 0 aliphatic heterocycles. The highest BCUT2D eigenvalue weighted by molar-refractivity contribution is 7.18. The number of carbonyl (C=O) groups is 1. The molecule has 0 bridgehead atoms. The topological polar surface area (TPSA) is 87.9 Å². The first-order valence-corrected chi connectivity index (χ1v) is 8.32. The first-order valence-electron chi connectivity index (χ1n) is 7.50. The molecule has 1 unspecified atom stereocenters. The number of rotatable bonds is 5. The minimum absolute atomic E-state index is 0.162. The molecule has 1 saturated carbocycles. The van der Waals surface area contributed by atoms with Gasteiger partial charge in [-0.3, -0.25) is 4.79 Å². The number of aryl methyl sites for hydroxylation is 2. The maximum Gasteiger partial charge on any atom is 0.259 e. The average molecular weight is 330 g/mol. The number of hydrogen-bond acceptors (Lipinski definition) is 6. The second-order valence-electron chi connectivity index (χ2n) is 6.07. The van der Waals surface area contributed by atoms with Gasteiger partial charge in [0.25, 0.3) is 5.91 Å². The molecule has 0 radical (unpaired) electrons. The molecule has 1 atom stereocenters. The molecule has 1 aliphatic rings. The van der Waals surface area contributed by atoms with Crippen LogP contribution in [0.2, 0.25) is 0 Å². The Morgan fingerprint density at radius 2 is 2.26 bits per heavy atom. The predicted octanol–water partition coefficient (Wildman–Crippen LogP) is 2.50. The minimum atomic E-state index is -0.809. The highest BCUT2D eigenvalue weighted by Crippen LogP contribution is 2.39. The van der Waals surface area contributed by atoms with E-state index >= 15 is 0 Å². The van der Waals surface area contributed by atoms with Gasteiger partial charge < -0.3 is 10.1 Å². The van der Waals surface area contributed by atoms with Crippen LogP contribution in [0.4, 0.5) is 0 Å². The Labute approximate surface area is 138 Å². The molecule has 0 aromatic carbocycles. The average Bonchev–Trinajstić information content (AvgIpc) is 3.33. The number of carbonyl (C=O) groups excluding carboxylic acids is 1. The maximum absolute atomic E-state index is 12.1. The molecule has 3 rings (SSSR count). The molecule has 120 valence electrons. The molecular formula is C16H18N4O2S. The molecule has 0 saturated heterocycles. The molecular weight excluding hydrogens is 312 g/mol. The van der Waals surface area contributed by atoms with E-state index in [1.54, 1.807) is 18.3 Å². The summed E-state index contributed by atoms with van der Waals surface area (Å²) in [4.78, 5) is 22.5. The normalized spacial score (nSPS) is 16.6. The lowest BCUT2D eigenvalue weighted by atomic mass is 9.98. The van der Waals surface area contributed by atoms with Crippen LogP contribution in [0.25, 0.3) is 10.2 Å². The second-order valence-corrected chi connectivity index (χ2v) is 7.27. The lowest BCUT2D eigenvalue weighted by molar-refractivity contribution is -0.124. The van der Waals surface area contributed by atoms with E-state index in [9.17, 15) is 10.1 Å². The van der Waals surface area contributed by atoms with Crippen LogP contribution in [-0.4, -0.2) is 28.0 Å². The van der Waals surface area contributed by atoms with Gasteiger partial charge >= 0.3 is 0 Å². The van der Waals surface area contributed by atoms with Crippen molar-refractivity contribution < 1.29 is 9.53 Å². The first-order chi connectivity index (χ1) is 10.9. The lowest BCUT2D eigenvalue weighted by Crippen LogP contribution is -2.48. The van der Waals surface area contributed by atoms with Gasteiger partial charge in [-0.2, -0.15) is 5.26 Å². The Bertz CT molecular complexity index is 806. The summed E-state index contributed by atoms with van der Waals surface area (Å²) in [5.74, 6) is 0.346. The standard InChI is InChI=1S/C16H18N4O2S/c1-9-10(2)23-15-13(9)14(18-8-19-15)22-6-12(21)20-16(3,7-17)11-4-5-11/h8,11H,4-6H2,1-3H3,(H,20,21). The van der Waals surface area contributed by atoms with Crippen molar-refractivity contribution in [2.24, 2.45) is 5.92 Å². The van der Waals surface area contributed by atoms with Crippen molar-refractivity contribution in [1.29, 1.82) is 5.26 Å². The van der Waals surface area contributed by atoms with Gasteiger partial charge in [-0.15, -0.1) is 11.3 Å². The third-order valence-electron chi connectivity index (χ3n) is 4.30. The van der Waals surface area contributed by atoms with Gasteiger partial charge in [0.2, 0.25) is 5.88 Å². The van der Waals surface area contributed by atoms with E-state index < -0.39 is 5.54 Å². The van der Waals surface area contributed by atoms with Crippen molar-refractivity contribution in [2.75, 3.05) is 6.61 Å². The van der Waals surface area contributed by atoms with E-state index in [0.717, 1.165) is 33.5 Å². The van der Waals surface area contributed by atoms with E-state index in [0.29, 0.717) is 5.88 Å². The smallest absolute Gasteiger partial charge is 0.259 e. The number of thiophene rings is 1. The Kier molecular flexibility index (Phi) is 3.94. The largest absolute Gasteiger partial charge is 0.467 e. The molecule has 2 heterocycles. The number of aromatic nitrogens is 2. The summed E-state index contributed by atoms with van der Waals surface area (Å²) < 4.78 is 5.60. The number of nitriles is 1. The van der Waals surface area contributed by atoms with Crippen LogP contribution in [0.1, 0.15) is 30.2 Å². The van der Waals surface area contributed by atoms with E-state index in [4.69, 9.17) is 4.74 Å². The number of nitrogens with zero attached hydrogens (tertiary/aromatic N) is 3. The van der Waals surface area contributed by atoms with Gasteiger partial charge in [-0.25, -0.2) is 9.97 Å². The molecule has 2 aromatic rings. The summed E-state index contributed by atoms with van der Waals surface area (Å²) in [6, 6.07) is 2.20. The van der Waals surface area contributed by atoms with Crippen LogP contribution in [-0.2, 0) is 4.79 Å². The van der Waals surface area contributed by atoms with Crippen LogP contribution in [0, 0.1) is 31.1 Å². The fourth-order valence-electron chi connectivity index (χ4n) is 2.60. The molecule has 7 heteroatoms. The van der Waals surface area contributed by atoms with E-state index in [1.807, 2.05) is 13.8 Å². The van der Waals surface area contributed by atoms with Gasteiger partial charge in [0, 0.05) is 4.88 Å². The van der Waals surface area contributed by atoms with Crippen molar-refractivity contribution >= 4 is 27.5 Å². The lowest BCUT2D eigenvalue weighted by Gasteiger charge is -2.22. The van der Waals surface area contributed by atoms with E-state index in [2.05, 4.69) is 21.4 Å². The molecule has 1 aliphatic carbocycles. The van der Waals surface area contributed by atoms with E-state index in [1.165, 1.54) is 6.33 Å². The van der Waals surface area contributed by atoms with Crippen molar-refractivity contribution in [3.63, 3.8) is 0 Å². The number of amides is 1. The number of nitrogens with one attached hydrogen (secondary N) is 1.